The number of aryl methyl sites for hydroxylation is 1. The number of methoxy groups -OCH3 is 1. The van der Waals surface area contributed by atoms with E-state index in [2.05, 4.69) is 4.99 Å². The molecule has 1 aliphatic rings. The highest BCUT2D eigenvalue weighted by Crippen LogP contribution is 2.34. The summed E-state index contributed by atoms with van der Waals surface area (Å²) < 4.78 is 7.07. The monoisotopic (exact) mass is 438 g/mol. The Hall–Kier alpha value is -2.96. The molecule has 0 saturated heterocycles. The van der Waals surface area contributed by atoms with Gasteiger partial charge in [0.2, 0.25) is 0 Å². The first-order valence-corrected chi connectivity index (χ1v) is 10.5. The number of carbonyl (C=O) groups is 1. The van der Waals surface area contributed by atoms with Crippen molar-refractivity contribution in [3.63, 3.8) is 0 Å². The minimum atomic E-state index is -0.706. The molecule has 0 spiro atoms. The standard InChI is InChI=1S/C23H19ClN2O3S/c1-13-8-10-15(11-9-13)12-18-21(27)26-20(16-6-4-5-7-17(16)24)19(22(28)29-3)14(2)25-23(26)30-18/h4-12,20H,1-3H3/b18-12+. The molecular weight excluding hydrogens is 420 g/mol. The van der Waals surface area contributed by atoms with Crippen molar-refractivity contribution in [1.82, 2.24) is 4.57 Å². The van der Waals surface area contributed by atoms with E-state index >= 15 is 0 Å². The first-order chi connectivity index (χ1) is 14.4. The summed E-state index contributed by atoms with van der Waals surface area (Å²) in [7, 11) is 1.31. The average Bonchev–Trinajstić information content (AvgIpc) is 3.03. The predicted molar refractivity (Wildman–Crippen MR) is 118 cm³/mol. The van der Waals surface area contributed by atoms with Gasteiger partial charge in [-0.2, -0.15) is 0 Å². The molecule has 0 radical (unpaired) electrons. The molecule has 152 valence electrons. The van der Waals surface area contributed by atoms with Gasteiger partial charge in [0.05, 0.1) is 22.9 Å². The lowest BCUT2D eigenvalue weighted by molar-refractivity contribution is -0.136. The van der Waals surface area contributed by atoms with Crippen LogP contribution < -0.4 is 14.9 Å². The van der Waals surface area contributed by atoms with Crippen LogP contribution in [0.15, 0.2) is 69.6 Å². The highest BCUT2D eigenvalue weighted by atomic mass is 35.5. The molecule has 2 heterocycles. The first kappa shape index (κ1) is 20.3. The Balaban J connectivity index is 2.00. The number of aromatic nitrogens is 1. The second-order valence-electron chi connectivity index (χ2n) is 7.01. The van der Waals surface area contributed by atoms with Crippen LogP contribution in [0.3, 0.4) is 0 Å². The van der Waals surface area contributed by atoms with Crippen molar-refractivity contribution >= 4 is 35.0 Å². The van der Waals surface area contributed by atoms with Gasteiger partial charge in [0.25, 0.3) is 5.56 Å². The molecule has 30 heavy (non-hydrogen) atoms. The number of hydrogen-bond donors (Lipinski definition) is 0. The third-order valence-electron chi connectivity index (χ3n) is 5.00. The van der Waals surface area contributed by atoms with E-state index in [4.69, 9.17) is 16.3 Å². The molecule has 1 atom stereocenters. The molecule has 4 rings (SSSR count). The molecule has 0 saturated carbocycles. The average molecular weight is 439 g/mol. The Morgan fingerprint density at radius 1 is 1.17 bits per heavy atom. The first-order valence-electron chi connectivity index (χ1n) is 9.32. The molecule has 2 aromatic carbocycles. The summed E-state index contributed by atoms with van der Waals surface area (Å²) in [6.07, 6.45) is 1.84. The Labute approximate surface area is 182 Å². The van der Waals surface area contributed by atoms with Crippen LogP contribution in [0.4, 0.5) is 0 Å². The van der Waals surface area contributed by atoms with Crippen LogP contribution in [-0.2, 0) is 9.53 Å². The molecule has 0 fully saturated rings. The molecule has 3 aromatic rings. The zero-order valence-electron chi connectivity index (χ0n) is 16.7. The SMILES string of the molecule is COC(=O)C1=C(C)N=c2s/c(=C/c3ccc(C)cc3)c(=O)n2C1c1ccccc1Cl. The van der Waals surface area contributed by atoms with Gasteiger partial charge in [-0.15, -0.1) is 0 Å². The smallest absolute Gasteiger partial charge is 0.338 e. The van der Waals surface area contributed by atoms with E-state index in [1.54, 1.807) is 19.1 Å². The molecule has 0 aliphatic carbocycles. The fourth-order valence-electron chi connectivity index (χ4n) is 3.50. The van der Waals surface area contributed by atoms with Gasteiger partial charge in [0.15, 0.2) is 4.80 Å². The summed E-state index contributed by atoms with van der Waals surface area (Å²) in [6, 6.07) is 14.4. The van der Waals surface area contributed by atoms with Crippen molar-refractivity contribution in [3.05, 3.63) is 101 Å². The molecule has 0 N–H and O–H groups in total. The lowest BCUT2D eigenvalue weighted by Gasteiger charge is -2.25. The number of hydrogen-bond acceptors (Lipinski definition) is 5. The lowest BCUT2D eigenvalue weighted by atomic mass is 9.96. The molecule has 0 bridgehead atoms. The third kappa shape index (κ3) is 3.53. The minimum Gasteiger partial charge on any atom is -0.466 e. The quantitative estimate of drug-likeness (QED) is 0.589. The number of fused-ring (bicyclic) bond motifs is 1. The van der Waals surface area contributed by atoms with Crippen molar-refractivity contribution in [1.29, 1.82) is 0 Å². The molecule has 7 heteroatoms. The fourth-order valence-corrected chi connectivity index (χ4v) is 4.78. The van der Waals surface area contributed by atoms with E-state index in [0.29, 0.717) is 31.2 Å². The van der Waals surface area contributed by atoms with E-state index in [-0.39, 0.29) is 5.56 Å². The number of thiazole rings is 1. The van der Waals surface area contributed by atoms with Crippen molar-refractivity contribution < 1.29 is 9.53 Å². The molecule has 1 unspecified atom stereocenters. The molecule has 0 amide bonds. The van der Waals surface area contributed by atoms with Crippen LogP contribution in [0.2, 0.25) is 5.02 Å². The number of halogens is 1. The minimum absolute atomic E-state index is 0.224. The van der Waals surface area contributed by atoms with Gasteiger partial charge in [0.1, 0.15) is 6.04 Å². The Bertz CT molecular complexity index is 1350. The van der Waals surface area contributed by atoms with E-state index in [9.17, 15) is 9.59 Å². The van der Waals surface area contributed by atoms with Crippen molar-refractivity contribution in [2.75, 3.05) is 7.11 Å². The van der Waals surface area contributed by atoms with Crippen LogP contribution in [0.25, 0.3) is 6.08 Å². The van der Waals surface area contributed by atoms with Crippen LogP contribution >= 0.6 is 22.9 Å². The Morgan fingerprint density at radius 2 is 1.87 bits per heavy atom. The summed E-state index contributed by atoms with van der Waals surface area (Å²) in [5.74, 6) is -0.533. The van der Waals surface area contributed by atoms with Crippen LogP contribution in [0, 0.1) is 6.92 Å². The zero-order valence-corrected chi connectivity index (χ0v) is 18.3. The number of esters is 1. The molecule has 1 aromatic heterocycles. The van der Waals surface area contributed by atoms with Gasteiger partial charge in [-0.25, -0.2) is 9.79 Å². The summed E-state index contributed by atoms with van der Waals surface area (Å²) in [6.45, 7) is 3.76. The maximum absolute atomic E-state index is 13.4. The van der Waals surface area contributed by atoms with Crippen molar-refractivity contribution in [2.24, 2.45) is 4.99 Å². The number of rotatable bonds is 3. The largest absolute Gasteiger partial charge is 0.466 e. The number of benzene rings is 2. The maximum Gasteiger partial charge on any atom is 0.338 e. The summed E-state index contributed by atoms with van der Waals surface area (Å²) in [5, 5.41) is 0.465. The van der Waals surface area contributed by atoms with E-state index in [0.717, 1.165) is 11.1 Å². The van der Waals surface area contributed by atoms with Crippen LogP contribution in [-0.4, -0.2) is 17.6 Å². The van der Waals surface area contributed by atoms with Gasteiger partial charge < -0.3 is 4.74 Å². The van der Waals surface area contributed by atoms with Crippen LogP contribution in [0.5, 0.6) is 0 Å². The van der Waals surface area contributed by atoms with E-state index in [1.807, 2.05) is 49.4 Å². The van der Waals surface area contributed by atoms with Gasteiger partial charge in [-0.1, -0.05) is 71.0 Å². The van der Waals surface area contributed by atoms with E-state index < -0.39 is 12.0 Å². The van der Waals surface area contributed by atoms with Gasteiger partial charge in [-0.05, 0) is 37.1 Å². The fraction of sp³-hybridized carbons (Fsp3) is 0.174. The second-order valence-corrected chi connectivity index (χ2v) is 8.42. The number of ether oxygens (including phenoxy) is 1. The molecular formula is C23H19ClN2O3S. The Kier molecular flexibility index (Phi) is 5.45. The van der Waals surface area contributed by atoms with Gasteiger partial charge in [0, 0.05) is 5.02 Å². The van der Waals surface area contributed by atoms with Crippen molar-refractivity contribution in [2.45, 2.75) is 19.9 Å². The normalized spacial score (nSPS) is 16.3. The number of carbonyl (C=O) groups excluding carboxylic acids is 1. The summed E-state index contributed by atoms with van der Waals surface area (Å²) >= 11 is 7.75. The Morgan fingerprint density at radius 3 is 2.53 bits per heavy atom. The number of allylic oxidation sites excluding steroid dienone is 1. The third-order valence-corrected chi connectivity index (χ3v) is 6.33. The lowest BCUT2D eigenvalue weighted by Crippen LogP contribution is -2.39. The zero-order chi connectivity index (χ0) is 21.4. The van der Waals surface area contributed by atoms with E-state index in [1.165, 1.54) is 23.0 Å². The maximum atomic E-state index is 13.4. The summed E-state index contributed by atoms with van der Waals surface area (Å²) in [5.41, 5.74) is 3.31. The topological polar surface area (TPSA) is 60.7 Å². The molecule has 1 aliphatic heterocycles. The second kappa shape index (κ2) is 8.05. The highest BCUT2D eigenvalue weighted by Gasteiger charge is 2.34. The summed E-state index contributed by atoms with van der Waals surface area (Å²) in [4.78, 5) is 31.1. The molecule has 5 nitrogen and oxygen atoms in total. The van der Waals surface area contributed by atoms with Gasteiger partial charge in [-0.3, -0.25) is 9.36 Å². The van der Waals surface area contributed by atoms with Gasteiger partial charge >= 0.3 is 5.97 Å². The van der Waals surface area contributed by atoms with Crippen LogP contribution in [0.1, 0.15) is 29.7 Å². The highest BCUT2D eigenvalue weighted by molar-refractivity contribution is 7.07. The number of nitrogens with zero attached hydrogens (tertiary/aromatic N) is 2. The predicted octanol–water partition coefficient (Wildman–Crippen LogP) is 3.37. The van der Waals surface area contributed by atoms with Crippen molar-refractivity contribution in [3.8, 4) is 0 Å².